The molecule has 5 aliphatic rings. The largest absolute Gasteiger partial charge is 0.511 e. The SMILES string of the molecule is CS(=O)(=O)CCc1csc2c1S(=O)(=O)N=C(C1=C(O)C3C4CCC(C4)C3N(CC3CCCCC3)C1=O)N2. The molecule has 3 fully saturated rings. The molecular weight excluding hydrogens is 534 g/mol. The minimum absolute atomic E-state index is 0.0232. The van der Waals surface area contributed by atoms with Crippen molar-refractivity contribution in [3.63, 3.8) is 0 Å². The number of anilines is 1. The molecule has 0 radical (unpaired) electrons. The Labute approximate surface area is 222 Å². The van der Waals surface area contributed by atoms with Gasteiger partial charge in [0.25, 0.3) is 15.9 Å². The van der Waals surface area contributed by atoms with Crippen LogP contribution in [-0.4, -0.2) is 63.2 Å². The van der Waals surface area contributed by atoms with E-state index in [1.165, 1.54) is 6.42 Å². The van der Waals surface area contributed by atoms with E-state index in [-0.39, 0.29) is 58.0 Å². The van der Waals surface area contributed by atoms with E-state index in [1.54, 1.807) is 5.38 Å². The maximum absolute atomic E-state index is 14.0. The highest BCUT2D eigenvalue weighted by molar-refractivity contribution is 7.91. The average molecular weight is 568 g/mol. The smallest absolute Gasteiger partial charge is 0.287 e. The van der Waals surface area contributed by atoms with Crippen molar-refractivity contribution in [2.24, 2.45) is 28.1 Å². The van der Waals surface area contributed by atoms with E-state index < -0.39 is 19.9 Å². The number of hydrogen-bond donors (Lipinski definition) is 2. The van der Waals surface area contributed by atoms with Crippen molar-refractivity contribution in [2.75, 3.05) is 23.9 Å². The third-order valence-electron chi connectivity index (χ3n) is 8.96. The minimum atomic E-state index is -4.19. The van der Waals surface area contributed by atoms with Gasteiger partial charge in [0.05, 0.1) is 5.75 Å². The third-order valence-corrected chi connectivity index (χ3v) is 12.4. The van der Waals surface area contributed by atoms with Crippen molar-refractivity contribution in [1.29, 1.82) is 0 Å². The number of thiophene rings is 1. The zero-order valence-corrected chi connectivity index (χ0v) is 23.3. The number of carbonyl (C=O) groups excluding carboxylic acids is 1. The van der Waals surface area contributed by atoms with Gasteiger partial charge in [-0.05, 0) is 67.2 Å². The summed E-state index contributed by atoms with van der Waals surface area (Å²) >= 11 is 1.14. The van der Waals surface area contributed by atoms with Crippen LogP contribution in [0.5, 0.6) is 0 Å². The van der Waals surface area contributed by atoms with E-state index in [2.05, 4.69) is 9.71 Å². The topological polar surface area (TPSA) is 133 Å². The van der Waals surface area contributed by atoms with Crippen LogP contribution in [0.15, 0.2) is 26.0 Å². The molecule has 0 spiro atoms. The van der Waals surface area contributed by atoms with E-state index in [1.807, 2.05) is 4.90 Å². The van der Waals surface area contributed by atoms with Gasteiger partial charge in [0.1, 0.15) is 31.1 Å². The van der Waals surface area contributed by atoms with Gasteiger partial charge >= 0.3 is 0 Å². The predicted molar refractivity (Wildman–Crippen MR) is 142 cm³/mol. The second-order valence-electron chi connectivity index (χ2n) is 11.4. The lowest BCUT2D eigenvalue weighted by Crippen LogP contribution is -2.55. The summed E-state index contributed by atoms with van der Waals surface area (Å²) in [6.07, 6.45) is 9.94. The number of aliphatic hydroxyl groups is 1. The molecule has 2 aliphatic heterocycles. The van der Waals surface area contributed by atoms with Crippen molar-refractivity contribution in [1.82, 2.24) is 4.90 Å². The molecule has 2 N–H and O–H groups in total. The molecule has 4 atom stereocenters. The number of nitrogens with zero attached hydrogens (tertiary/aromatic N) is 2. The normalized spacial score (nSPS) is 31.2. The van der Waals surface area contributed by atoms with Crippen LogP contribution in [0.2, 0.25) is 0 Å². The van der Waals surface area contributed by atoms with Gasteiger partial charge in [0.15, 0.2) is 5.84 Å². The summed E-state index contributed by atoms with van der Waals surface area (Å²) < 4.78 is 53.9. The number of aryl methyl sites for hydroxylation is 1. The molecule has 0 aromatic carbocycles. The van der Waals surface area contributed by atoms with Crippen LogP contribution < -0.4 is 5.32 Å². The fourth-order valence-electron chi connectivity index (χ4n) is 7.35. The number of nitrogens with one attached hydrogen (secondary N) is 1. The van der Waals surface area contributed by atoms with E-state index in [0.717, 1.165) is 62.5 Å². The lowest BCUT2D eigenvalue weighted by molar-refractivity contribution is -0.134. The first-order chi connectivity index (χ1) is 17.5. The summed E-state index contributed by atoms with van der Waals surface area (Å²) in [4.78, 5) is 15.9. The Bertz CT molecular complexity index is 1400. The maximum Gasteiger partial charge on any atom is 0.287 e. The van der Waals surface area contributed by atoms with Crippen LogP contribution >= 0.6 is 11.3 Å². The van der Waals surface area contributed by atoms with Gasteiger partial charge in [-0.3, -0.25) is 4.79 Å². The van der Waals surface area contributed by atoms with Gasteiger partial charge in [-0.2, -0.15) is 8.42 Å². The Hall–Kier alpha value is -1.92. The van der Waals surface area contributed by atoms with Gasteiger partial charge in [-0.15, -0.1) is 15.7 Å². The molecule has 3 aliphatic carbocycles. The number of carbonyl (C=O) groups is 1. The highest BCUT2D eigenvalue weighted by Crippen LogP contribution is 2.55. The highest BCUT2D eigenvalue weighted by Gasteiger charge is 2.57. The molecule has 4 unspecified atom stereocenters. The molecule has 6 rings (SSSR count). The van der Waals surface area contributed by atoms with Crippen LogP contribution in [0, 0.1) is 23.7 Å². The van der Waals surface area contributed by atoms with Crippen LogP contribution in [0.25, 0.3) is 0 Å². The second kappa shape index (κ2) is 9.08. The lowest BCUT2D eigenvalue weighted by atomic mass is 9.77. The summed E-state index contributed by atoms with van der Waals surface area (Å²) in [6.45, 7) is 0.639. The number of sulfonamides is 1. The van der Waals surface area contributed by atoms with Gasteiger partial charge in [-0.25, -0.2) is 8.42 Å². The molecule has 2 bridgehead atoms. The first kappa shape index (κ1) is 25.4. The molecule has 1 aromatic rings. The summed E-state index contributed by atoms with van der Waals surface area (Å²) in [5, 5.41) is 16.4. The lowest BCUT2D eigenvalue weighted by Gasteiger charge is -2.45. The summed E-state index contributed by atoms with van der Waals surface area (Å²) in [6, 6.07) is -0.0300. The van der Waals surface area contributed by atoms with Crippen molar-refractivity contribution in [3.8, 4) is 0 Å². The number of amidine groups is 1. The molecule has 0 saturated heterocycles. The fraction of sp³-hybridized carbons (Fsp3) is 0.680. The van der Waals surface area contributed by atoms with Crippen molar-refractivity contribution in [3.05, 3.63) is 22.3 Å². The summed E-state index contributed by atoms with van der Waals surface area (Å²) in [5.41, 5.74) is 0.367. The predicted octanol–water partition coefficient (Wildman–Crippen LogP) is 3.50. The molecule has 1 aromatic heterocycles. The first-order valence-corrected chi connectivity index (χ1v) is 17.6. The Morgan fingerprint density at radius 1 is 1.16 bits per heavy atom. The van der Waals surface area contributed by atoms with Crippen LogP contribution in [-0.2, 0) is 31.1 Å². The Balaban J connectivity index is 1.36. The number of sulfone groups is 1. The Morgan fingerprint density at radius 3 is 2.62 bits per heavy atom. The maximum atomic E-state index is 14.0. The van der Waals surface area contributed by atoms with Crippen LogP contribution in [0.1, 0.15) is 56.9 Å². The van der Waals surface area contributed by atoms with Gasteiger partial charge in [-0.1, -0.05) is 19.3 Å². The van der Waals surface area contributed by atoms with Gasteiger partial charge in [0, 0.05) is 24.8 Å². The molecule has 202 valence electrons. The molecule has 37 heavy (non-hydrogen) atoms. The van der Waals surface area contributed by atoms with Crippen molar-refractivity contribution < 1.29 is 26.7 Å². The zero-order valence-electron chi connectivity index (χ0n) is 20.8. The number of aliphatic hydroxyl groups excluding tert-OH is 1. The number of hydrogen-bond acceptors (Lipinski definition) is 8. The van der Waals surface area contributed by atoms with Crippen molar-refractivity contribution in [2.45, 2.75) is 68.7 Å². The Kier molecular flexibility index (Phi) is 6.23. The minimum Gasteiger partial charge on any atom is -0.511 e. The molecule has 3 heterocycles. The molecule has 3 saturated carbocycles. The summed E-state index contributed by atoms with van der Waals surface area (Å²) in [7, 11) is -7.47. The molecule has 12 heteroatoms. The molecule has 9 nitrogen and oxygen atoms in total. The van der Waals surface area contributed by atoms with E-state index >= 15 is 0 Å². The monoisotopic (exact) mass is 567 g/mol. The van der Waals surface area contributed by atoms with E-state index in [4.69, 9.17) is 0 Å². The van der Waals surface area contributed by atoms with Crippen LogP contribution in [0.4, 0.5) is 5.00 Å². The van der Waals surface area contributed by atoms with E-state index in [0.29, 0.717) is 28.9 Å². The first-order valence-electron chi connectivity index (χ1n) is 13.2. The third kappa shape index (κ3) is 4.42. The second-order valence-corrected chi connectivity index (χ2v) is 16.1. The highest BCUT2D eigenvalue weighted by atomic mass is 32.2. The molecular formula is C25H33N3O6S3. The number of amides is 1. The quantitative estimate of drug-likeness (QED) is 0.538. The average Bonchev–Trinajstić information content (AvgIpc) is 3.55. The zero-order chi connectivity index (χ0) is 26.1. The van der Waals surface area contributed by atoms with E-state index in [9.17, 15) is 26.7 Å². The van der Waals surface area contributed by atoms with Gasteiger partial charge in [0.2, 0.25) is 0 Å². The number of rotatable bonds is 6. The standard InChI is InChI=1S/C25H33N3O6S3/c1-36(31,32)10-9-17-13-35-24-22(17)37(33,34)27-23(26-24)19-21(29)18-15-7-8-16(11-15)20(18)28(25(19)30)12-14-5-3-2-4-6-14/h13-16,18,20,29H,2-12H2,1H3,(H,26,27). The molecule has 1 amide bonds. The van der Waals surface area contributed by atoms with Crippen molar-refractivity contribution >= 4 is 47.9 Å². The number of fused-ring (bicyclic) bond motifs is 6. The Morgan fingerprint density at radius 2 is 1.89 bits per heavy atom. The van der Waals surface area contributed by atoms with Crippen LogP contribution in [0.3, 0.4) is 0 Å². The fourth-order valence-corrected chi connectivity index (χ4v) is 10.6. The van der Waals surface area contributed by atoms with Gasteiger partial charge < -0.3 is 15.3 Å². The summed E-state index contributed by atoms with van der Waals surface area (Å²) in [5.74, 6) is 0.236.